The summed E-state index contributed by atoms with van der Waals surface area (Å²) in [5.74, 6) is -0.431. The van der Waals surface area contributed by atoms with Gasteiger partial charge in [0.15, 0.2) is 0 Å². The monoisotopic (exact) mass is 144 g/mol. The first-order valence-electron chi connectivity index (χ1n) is 2.61. The summed E-state index contributed by atoms with van der Waals surface area (Å²) in [6.07, 6.45) is 3.79. The highest BCUT2D eigenvalue weighted by Gasteiger charge is 2.03. The fraction of sp³-hybridized carbons (Fsp3) is 0.167. The van der Waals surface area contributed by atoms with Gasteiger partial charge in [-0.05, 0) is 10.8 Å². The lowest BCUT2D eigenvalue weighted by Gasteiger charge is -2.02. The van der Waals surface area contributed by atoms with Crippen LogP contribution in [0.1, 0.15) is 0 Å². The summed E-state index contributed by atoms with van der Waals surface area (Å²) < 4.78 is 0. The van der Waals surface area contributed by atoms with Gasteiger partial charge in [-0.15, -0.1) is 0 Å². The maximum absolute atomic E-state index is 10.1. The van der Waals surface area contributed by atoms with E-state index in [4.69, 9.17) is 5.11 Å². The summed E-state index contributed by atoms with van der Waals surface area (Å²) in [5, 5.41) is 12.2. The lowest BCUT2D eigenvalue weighted by molar-refractivity contribution is -0.133. The highest BCUT2D eigenvalue weighted by Crippen LogP contribution is 2.31. The summed E-state index contributed by atoms with van der Waals surface area (Å²) in [4.78, 5) is 10.1. The number of aliphatic carboxylic acids is 1. The first-order valence-corrected chi connectivity index (χ1v) is 4.28. The van der Waals surface area contributed by atoms with Gasteiger partial charge in [0.05, 0.1) is 5.75 Å². The van der Waals surface area contributed by atoms with Gasteiger partial charge in [0, 0.05) is 0 Å². The predicted molar refractivity (Wildman–Crippen MR) is 39.8 cm³/mol. The van der Waals surface area contributed by atoms with Gasteiger partial charge in [0.25, 0.3) is 0 Å². The third-order valence-corrected chi connectivity index (χ3v) is 2.73. The van der Waals surface area contributed by atoms with Crippen molar-refractivity contribution >= 4 is 16.9 Å². The van der Waals surface area contributed by atoms with E-state index in [2.05, 4.69) is 0 Å². The molecule has 1 heterocycles. The number of carboxylic acid groups (broad SMARTS) is 1. The molecule has 0 amide bonds. The molecule has 9 heavy (non-hydrogen) atoms. The summed E-state index contributed by atoms with van der Waals surface area (Å²) in [6.45, 7) is 0. The molecular formula is C6H8O2S. The molecule has 1 aliphatic heterocycles. The van der Waals surface area contributed by atoms with E-state index in [1.807, 2.05) is 23.0 Å². The van der Waals surface area contributed by atoms with Gasteiger partial charge in [-0.25, -0.2) is 10.9 Å². The van der Waals surface area contributed by atoms with Gasteiger partial charge < -0.3 is 5.11 Å². The molecule has 2 nitrogen and oxygen atoms in total. The minimum absolute atomic E-state index is 0.280. The fourth-order valence-corrected chi connectivity index (χ4v) is 1.90. The van der Waals surface area contributed by atoms with Crippen LogP contribution in [0.5, 0.6) is 0 Å². The van der Waals surface area contributed by atoms with Gasteiger partial charge in [0.2, 0.25) is 0 Å². The molecule has 0 spiro atoms. The van der Waals surface area contributed by atoms with Crippen molar-refractivity contribution in [2.24, 2.45) is 0 Å². The van der Waals surface area contributed by atoms with Crippen molar-refractivity contribution in [2.75, 3.05) is 5.75 Å². The minimum Gasteiger partial charge on any atom is -0.481 e. The lowest BCUT2D eigenvalue weighted by atomic mass is 10.6. The second-order valence-corrected chi connectivity index (χ2v) is 3.69. The Balaban J connectivity index is 2.37. The van der Waals surface area contributed by atoms with E-state index in [1.165, 1.54) is 0 Å². The van der Waals surface area contributed by atoms with Crippen LogP contribution < -0.4 is 0 Å². The van der Waals surface area contributed by atoms with Crippen LogP contribution in [-0.4, -0.2) is 16.8 Å². The van der Waals surface area contributed by atoms with Gasteiger partial charge in [-0.2, -0.15) is 0 Å². The largest absolute Gasteiger partial charge is 0.481 e. The summed E-state index contributed by atoms with van der Waals surface area (Å²) in [6, 6.07) is 0. The van der Waals surface area contributed by atoms with Crippen molar-refractivity contribution in [2.45, 2.75) is 0 Å². The first kappa shape index (κ1) is 6.42. The number of carbonyl (C=O) groups is 1. The van der Waals surface area contributed by atoms with E-state index in [-0.39, 0.29) is 5.75 Å². The number of allylic oxidation sites excluding steroid dienone is 2. The average Bonchev–Trinajstić information content (AvgIpc) is 2.15. The van der Waals surface area contributed by atoms with Gasteiger partial charge in [0.1, 0.15) is 0 Å². The van der Waals surface area contributed by atoms with E-state index in [9.17, 15) is 4.79 Å². The molecular weight excluding hydrogens is 136 g/mol. The first-order chi connectivity index (χ1) is 4.29. The second kappa shape index (κ2) is 2.73. The fourth-order valence-electron chi connectivity index (χ4n) is 0.632. The Morgan fingerprint density at radius 3 is 2.44 bits per heavy atom. The van der Waals surface area contributed by atoms with Crippen LogP contribution >= 0.6 is 10.9 Å². The molecule has 3 heteroatoms. The molecule has 0 aromatic heterocycles. The Hall–Kier alpha value is -0.700. The number of rotatable bonds is 2. The van der Waals surface area contributed by atoms with Gasteiger partial charge >= 0.3 is 5.97 Å². The number of carboxylic acids is 1. The molecule has 1 aliphatic rings. The van der Waals surface area contributed by atoms with Gasteiger partial charge in [-0.3, -0.25) is 4.79 Å². The van der Waals surface area contributed by atoms with Crippen molar-refractivity contribution in [1.82, 2.24) is 0 Å². The zero-order valence-corrected chi connectivity index (χ0v) is 5.71. The van der Waals surface area contributed by atoms with Crippen molar-refractivity contribution in [3.63, 3.8) is 0 Å². The second-order valence-electron chi connectivity index (χ2n) is 1.75. The van der Waals surface area contributed by atoms with Crippen LogP contribution in [-0.2, 0) is 4.79 Å². The molecule has 0 aromatic rings. The standard InChI is InChI=1S/C6H8O2S/c7-6(8)5-9-3-1-2-4-9/h1-4,9H,5H2,(H,7,8). The Kier molecular flexibility index (Phi) is 1.95. The maximum atomic E-state index is 10.1. The SMILES string of the molecule is O=C(O)C[SH]1C=CC=C1. The predicted octanol–water partition coefficient (Wildman–Crippen LogP) is 1.11. The summed E-state index contributed by atoms with van der Waals surface area (Å²) in [7, 11) is -0.445. The zero-order valence-electron chi connectivity index (χ0n) is 4.82. The van der Waals surface area contributed by atoms with Crippen molar-refractivity contribution in [3.05, 3.63) is 23.0 Å². The molecule has 0 aliphatic carbocycles. The van der Waals surface area contributed by atoms with Gasteiger partial charge in [-0.1, -0.05) is 12.2 Å². The zero-order chi connectivity index (χ0) is 6.69. The van der Waals surface area contributed by atoms with Crippen LogP contribution in [0, 0.1) is 0 Å². The van der Waals surface area contributed by atoms with Crippen molar-refractivity contribution in [3.8, 4) is 0 Å². The molecule has 0 unspecified atom stereocenters. The molecule has 0 atom stereocenters. The van der Waals surface area contributed by atoms with Crippen LogP contribution in [0.25, 0.3) is 0 Å². The summed E-state index contributed by atoms with van der Waals surface area (Å²) >= 11 is 0. The number of thiol groups is 1. The molecule has 50 valence electrons. The van der Waals surface area contributed by atoms with Crippen molar-refractivity contribution in [1.29, 1.82) is 0 Å². The van der Waals surface area contributed by atoms with Crippen LogP contribution in [0.15, 0.2) is 23.0 Å². The highest BCUT2D eigenvalue weighted by atomic mass is 32.2. The molecule has 1 rings (SSSR count). The minimum atomic E-state index is -0.711. The third kappa shape index (κ3) is 1.93. The summed E-state index contributed by atoms with van der Waals surface area (Å²) in [5.41, 5.74) is 0. The Morgan fingerprint density at radius 2 is 2.00 bits per heavy atom. The topological polar surface area (TPSA) is 37.3 Å². The van der Waals surface area contributed by atoms with E-state index in [1.54, 1.807) is 0 Å². The molecule has 0 radical (unpaired) electrons. The van der Waals surface area contributed by atoms with Crippen molar-refractivity contribution < 1.29 is 9.90 Å². The number of hydrogen-bond acceptors (Lipinski definition) is 1. The van der Waals surface area contributed by atoms with Crippen LogP contribution in [0.2, 0.25) is 0 Å². The molecule has 0 fully saturated rings. The third-order valence-electron chi connectivity index (χ3n) is 0.984. The molecule has 0 saturated heterocycles. The van der Waals surface area contributed by atoms with E-state index < -0.39 is 16.9 Å². The smallest absolute Gasteiger partial charge is 0.312 e. The van der Waals surface area contributed by atoms with Crippen LogP contribution in [0.4, 0.5) is 0 Å². The molecule has 1 N–H and O–H groups in total. The highest BCUT2D eigenvalue weighted by molar-refractivity contribution is 8.22. The lowest BCUT2D eigenvalue weighted by Crippen LogP contribution is -1.99. The van der Waals surface area contributed by atoms with E-state index >= 15 is 0 Å². The number of hydrogen-bond donors (Lipinski definition) is 2. The van der Waals surface area contributed by atoms with E-state index in [0.29, 0.717) is 0 Å². The molecule has 0 aromatic carbocycles. The average molecular weight is 144 g/mol. The quantitative estimate of drug-likeness (QED) is 0.570. The molecule has 0 bridgehead atoms. The molecule has 0 saturated carbocycles. The Bertz CT molecular complexity index is 160. The maximum Gasteiger partial charge on any atom is 0.312 e. The van der Waals surface area contributed by atoms with Crippen LogP contribution in [0.3, 0.4) is 0 Å². The normalized spacial score (nSPS) is 18.9. The Morgan fingerprint density at radius 1 is 1.44 bits per heavy atom. The Labute approximate surface area is 56.2 Å². The van der Waals surface area contributed by atoms with E-state index in [0.717, 1.165) is 0 Å².